The Morgan fingerprint density at radius 3 is 2.64 bits per heavy atom. The van der Waals surface area contributed by atoms with E-state index in [4.69, 9.17) is 5.73 Å². The fourth-order valence-electron chi connectivity index (χ4n) is 2.63. The monoisotopic (exact) mass is 197 g/mol. The summed E-state index contributed by atoms with van der Waals surface area (Å²) in [5, 5.41) is 3.23. The van der Waals surface area contributed by atoms with Gasteiger partial charge in [-0.25, -0.2) is 0 Å². The maximum absolute atomic E-state index is 11.3. The quantitative estimate of drug-likeness (QED) is 0.638. The fourth-order valence-corrected chi connectivity index (χ4v) is 2.63. The molecule has 4 nitrogen and oxygen atoms in total. The lowest BCUT2D eigenvalue weighted by Crippen LogP contribution is -2.58. The summed E-state index contributed by atoms with van der Waals surface area (Å²) in [4.78, 5) is 13.7. The molecule has 14 heavy (non-hydrogen) atoms. The van der Waals surface area contributed by atoms with Gasteiger partial charge in [-0.3, -0.25) is 9.69 Å². The molecule has 0 spiro atoms. The van der Waals surface area contributed by atoms with Crippen LogP contribution in [0.25, 0.3) is 0 Å². The summed E-state index contributed by atoms with van der Waals surface area (Å²) >= 11 is 0. The Hall–Kier alpha value is -0.610. The second kappa shape index (κ2) is 4.28. The summed E-state index contributed by atoms with van der Waals surface area (Å²) in [6.45, 7) is 3.20. The molecule has 2 heterocycles. The van der Waals surface area contributed by atoms with Gasteiger partial charge in [0.05, 0.1) is 0 Å². The van der Waals surface area contributed by atoms with E-state index in [1.807, 2.05) is 0 Å². The SMILES string of the molecule is NC(=O)C1NCCCC1N1CCCC1. The number of hydrogen-bond donors (Lipinski definition) is 2. The smallest absolute Gasteiger partial charge is 0.236 e. The van der Waals surface area contributed by atoms with Crippen molar-refractivity contribution < 1.29 is 4.79 Å². The van der Waals surface area contributed by atoms with Crippen molar-refractivity contribution in [1.29, 1.82) is 0 Å². The number of amides is 1. The van der Waals surface area contributed by atoms with Gasteiger partial charge < -0.3 is 11.1 Å². The van der Waals surface area contributed by atoms with Crippen molar-refractivity contribution in [2.75, 3.05) is 19.6 Å². The number of hydrogen-bond acceptors (Lipinski definition) is 3. The number of primary amides is 1. The number of nitrogens with two attached hydrogens (primary N) is 1. The normalized spacial score (nSPS) is 34.6. The summed E-state index contributed by atoms with van der Waals surface area (Å²) in [6, 6.07) is 0.227. The first kappa shape index (κ1) is 9.93. The minimum absolute atomic E-state index is 0.123. The molecule has 2 rings (SSSR count). The number of carbonyl (C=O) groups excluding carboxylic acids is 1. The van der Waals surface area contributed by atoms with Crippen LogP contribution in [0.15, 0.2) is 0 Å². The average molecular weight is 197 g/mol. The molecule has 3 N–H and O–H groups in total. The Bertz CT molecular complexity index is 213. The van der Waals surface area contributed by atoms with Crippen molar-refractivity contribution in [3.05, 3.63) is 0 Å². The van der Waals surface area contributed by atoms with Gasteiger partial charge in [0.1, 0.15) is 6.04 Å². The molecule has 2 atom stereocenters. The third kappa shape index (κ3) is 1.91. The standard InChI is InChI=1S/C10H19N3O/c11-10(14)9-8(4-3-5-12-9)13-6-1-2-7-13/h8-9,12H,1-7H2,(H2,11,14). The van der Waals surface area contributed by atoms with E-state index in [-0.39, 0.29) is 11.9 Å². The zero-order chi connectivity index (χ0) is 9.97. The minimum Gasteiger partial charge on any atom is -0.368 e. The molecule has 2 saturated heterocycles. The van der Waals surface area contributed by atoms with Crippen molar-refractivity contribution in [3.8, 4) is 0 Å². The first-order chi connectivity index (χ1) is 6.79. The highest BCUT2D eigenvalue weighted by Gasteiger charge is 2.34. The number of carbonyl (C=O) groups is 1. The zero-order valence-electron chi connectivity index (χ0n) is 8.54. The second-order valence-electron chi connectivity index (χ2n) is 4.29. The highest BCUT2D eigenvalue weighted by Crippen LogP contribution is 2.20. The molecule has 0 aliphatic carbocycles. The predicted molar refractivity (Wildman–Crippen MR) is 54.8 cm³/mol. The van der Waals surface area contributed by atoms with Crippen molar-refractivity contribution in [2.45, 2.75) is 37.8 Å². The molecule has 0 saturated carbocycles. The zero-order valence-corrected chi connectivity index (χ0v) is 8.54. The van der Waals surface area contributed by atoms with Crippen LogP contribution in [0, 0.1) is 0 Å². The summed E-state index contributed by atoms with van der Waals surface area (Å²) in [5.41, 5.74) is 5.40. The highest BCUT2D eigenvalue weighted by molar-refractivity contribution is 5.80. The van der Waals surface area contributed by atoms with Crippen LogP contribution in [0.4, 0.5) is 0 Å². The van der Waals surface area contributed by atoms with E-state index in [1.165, 1.54) is 12.8 Å². The van der Waals surface area contributed by atoms with Crippen molar-refractivity contribution in [3.63, 3.8) is 0 Å². The van der Waals surface area contributed by atoms with Crippen LogP contribution in [0.1, 0.15) is 25.7 Å². The van der Waals surface area contributed by atoms with Crippen LogP contribution in [0.3, 0.4) is 0 Å². The molecule has 0 aromatic heterocycles. The molecular formula is C10H19N3O. The van der Waals surface area contributed by atoms with Crippen LogP contribution in [-0.2, 0) is 4.79 Å². The van der Waals surface area contributed by atoms with E-state index < -0.39 is 0 Å². The Labute approximate surface area is 84.8 Å². The highest BCUT2D eigenvalue weighted by atomic mass is 16.1. The summed E-state index contributed by atoms with van der Waals surface area (Å²) in [5.74, 6) is -0.193. The van der Waals surface area contributed by atoms with Crippen molar-refractivity contribution in [1.82, 2.24) is 10.2 Å². The van der Waals surface area contributed by atoms with Gasteiger partial charge in [-0.2, -0.15) is 0 Å². The molecule has 2 aliphatic rings. The van der Waals surface area contributed by atoms with Crippen LogP contribution < -0.4 is 11.1 Å². The fraction of sp³-hybridized carbons (Fsp3) is 0.900. The van der Waals surface area contributed by atoms with E-state index >= 15 is 0 Å². The molecule has 0 bridgehead atoms. The molecule has 1 amide bonds. The van der Waals surface area contributed by atoms with E-state index in [2.05, 4.69) is 10.2 Å². The lowest BCUT2D eigenvalue weighted by Gasteiger charge is -2.36. The Balaban J connectivity index is 2.01. The third-order valence-electron chi connectivity index (χ3n) is 3.34. The maximum atomic E-state index is 11.3. The lowest BCUT2D eigenvalue weighted by molar-refractivity contribution is -0.122. The van der Waals surface area contributed by atoms with Gasteiger partial charge in [0.25, 0.3) is 0 Å². The van der Waals surface area contributed by atoms with E-state index in [0.717, 1.165) is 32.5 Å². The average Bonchev–Trinajstić information content (AvgIpc) is 2.70. The molecule has 2 aliphatic heterocycles. The molecular weight excluding hydrogens is 178 g/mol. The predicted octanol–water partition coefficient (Wildman–Crippen LogP) is -0.312. The minimum atomic E-state index is -0.193. The van der Waals surface area contributed by atoms with Gasteiger partial charge in [-0.1, -0.05) is 0 Å². The van der Waals surface area contributed by atoms with Crippen LogP contribution in [-0.4, -0.2) is 42.5 Å². The number of nitrogens with one attached hydrogen (secondary N) is 1. The maximum Gasteiger partial charge on any atom is 0.236 e. The molecule has 0 aromatic rings. The van der Waals surface area contributed by atoms with Crippen molar-refractivity contribution >= 4 is 5.91 Å². The Morgan fingerprint density at radius 1 is 1.29 bits per heavy atom. The van der Waals surface area contributed by atoms with Gasteiger partial charge in [-0.05, 0) is 45.3 Å². The number of rotatable bonds is 2. The van der Waals surface area contributed by atoms with Gasteiger partial charge in [0.15, 0.2) is 0 Å². The largest absolute Gasteiger partial charge is 0.368 e. The molecule has 0 aromatic carbocycles. The first-order valence-electron chi connectivity index (χ1n) is 5.56. The van der Waals surface area contributed by atoms with Gasteiger partial charge in [-0.15, -0.1) is 0 Å². The third-order valence-corrected chi connectivity index (χ3v) is 3.34. The molecule has 4 heteroatoms. The first-order valence-corrected chi connectivity index (χ1v) is 5.56. The van der Waals surface area contributed by atoms with Crippen LogP contribution in [0.5, 0.6) is 0 Å². The Kier molecular flexibility index (Phi) is 3.03. The lowest BCUT2D eigenvalue weighted by atomic mass is 9.96. The molecule has 80 valence electrons. The summed E-state index contributed by atoms with van der Waals surface area (Å²) < 4.78 is 0. The molecule has 0 radical (unpaired) electrons. The van der Waals surface area contributed by atoms with Gasteiger partial charge >= 0.3 is 0 Å². The van der Waals surface area contributed by atoms with Crippen molar-refractivity contribution in [2.24, 2.45) is 5.73 Å². The Morgan fingerprint density at radius 2 is 2.00 bits per heavy atom. The molecule has 2 unspecified atom stereocenters. The summed E-state index contributed by atoms with van der Waals surface area (Å²) in [6.07, 6.45) is 4.80. The topological polar surface area (TPSA) is 58.4 Å². The van der Waals surface area contributed by atoms with E-state index in [0.29, 0.717) is 6.04 Å². The second-order valence-corrected chi connectivity index (χ2v) is 4.29. The van der Waals surface area contributed by atoms with E-state index in [9.17, 15) is 4.79 Å². The van der Waals surface area contributed by atoms with Gasteiger partial charge in [0, 0.05) is 6.04 Å². The number of piperidine rings is 1. The summed E-state index contributed by atoms with van der Waals surface area (Å²) in [7, 11) is 0. The number of likely N-dealkylation sites (tertiary alicyclic amines) is 1. The van der Waals surface area contributed by atoms with Crippen LogP contribution >= 0.6 is 0 Å². The van der Waals surface area contributed by atoms with Gasteiger partial charge in [0.2, 0.25) is 5.91 Å². The molecule has 2 fully saturated rings. The number of nitrogens with zero attached hydrogens (tertiary/aromatic N) is 1. The van der Waals surface area contributed by atoms with Crippen LogP contribution in [0.2, 0.25) is 0 Å². The van der Waals surface area contributed by atoms with E-state index in [1.54, 1.807) is 0 Å².